The van der Waals surface area contributed by atoms with Gasteiger partial charge in [0.05, 0.1) is 0 Å². The van der Waals surface area contributed by atoms with Crippen LogP contribution in [0.1, 0.15) is 0 Å². The topological polar surface area (TPSA) is 30.7 Å². The Morgan fingerprint density at radius 3 is 2.00 bits per heavy atom. The third-order valence-corrected chi connectivity index (χ3v) is 8.84. The molecule has 0 unspecified atom stereocenters. The van der Waals surface area contributed by atoms with Gasteiger partial charge in [-0.25, -0.2) is 0 Å². The van der Waals surface area contributed by atoms with Crippen molar-refractivity contribution in [3.05, 3.63) is 12.7 Å². The van der Waals surface area contributed by atoms with Gasteiger partial charge in [-0.3, -0.25) is 0 Å². The van der Waals surface area contributed by atoms with E-state index in [1.165, 1.54) is 0 Å². The van der Waals surface area contributed by atoms with Crippen LogP contribution in [0.15, 0.2) is 12.7 Å². The first-order valence-electron chi connectivity index (χ1n) is 2.07. The van der Waals surface area contributed by atoms with E-state index >= 15 is 0 Å². The van der Waals surface area contributed by atoms with E-state index < -0.39 is 10.8 Å². The van der Waals surface area contributed by atoms with Crippen LogP contribution in [-0.4, -0.2) is 17.9 Å². The SMILES string of the molecule is C[I-](I)(I)n1cnnc1. The molecule has 54 valence electrons. The molecule has 0 bridgehead atoms. The van der Waals surface area contributed by atoms with Crippen molar-refractivity contribution in [2.24, 2.45) is 0 Å². The van der Waals surface area contributed by atoms with Crippen LogP contribution < -0.4 is 10.8 Å². The number of hydrogen-bond donors (Lipinski definition) is 0. The maximum absolute atomic E-state index is 3.74. The van der Waals surface area contributed by atoms with Crippen molar-refractivity contribution in [3.8, 4) is 0 Å². The fourth-order valence-electron chi connectivity index (χ4n) is 0.341. The molecule has 0 saturated carbocycles. The zero-order chi connectivity index (χ0) is 6.91. The zero-order valence-electron chi connectivity index (χ0n) is 4.63. The van der Waals surface area contributed by atoms with Crippen molar-refractivity contribution < 1.29 is 10.8 Å². The van der Waals surface area contributed by atoms with E-state index in [9.17, 15) is 0 Å². The van der Waals surface area contributed by atoms with Gasteiger partial charge < -0.3 is 0 Å². The maximum atomic E-state index is 3.74. The number of halogens is 3. The molecule has 9 heavy (non-hydrogen) atoms. The van der Waals surface area contributed by atoms with Crippen LogP contribution in [0, 0.1) is 0 Å². The molecule has 0 aromatic carbocycles. The van der Waals surface area contributed by atoms with Crippen molar-refractivity contribution in [2.45, 2.75) is 0 Å². The molecule has 0 N–H and O–H groups in total. The molecule has 6 heteroatoms. The number of alkyl halides is 1. The zero-order valence-corrected chi connectivity index (χ0v) is 11.1. The van der Waals surface area contributed by atoms with E-state index in [1.54, 1.807) is 12.7 Å². The summed E-state index contributed by atoms with van der Waals surface area (Å²) in [5.74, 6) is 0. The summed E-state index contributed by atoms with van der Waals surface area (Å²) in [5.41, 5.74) is 0. The van der Waals surface area contributed by atoms with E-state index in [0.717, 1.165) is 0 Å². The van der Waals surface area contributed by atoms with Crippen LogP contribution in [0.5, 0.6) is 0 Å². The van der Waals surface area contributed by atoms with Gasteiger partial charge in [-0.05, 0) is 0 Å². The quantitative estimate of drug-likeness (QED) is 0.376. The molecule has 0 aliphatic rings. The molecule has 1 aromatic rings. The molecule has 1 rings (SSSR count). The number of rotatable bonds is 1. The first-order valence-corrected chi connectivity index (χ1v) is 17.8. The summed E-state index contributed by atoms with van der Waals surface area (Å²) in [6.07, 6.45) is 3.57. The normalized spacial score (nSPS) is 13.7. The molecular formula is C3H5I3N3-. The number of hydrogen-bond acceptors (Lipinski definition) is 2. The Kier molecular flexibility index (Phi) is 2.95. The fraction of sp³-hybridized carbons (Fsp3) is 0.333. The van der Waals surface area contributed by atoms with Crippen LogP contribution in [0.3, 0.4) is 0 Å². The Labute approximate surface area is 77.2 Å². The van der Waals surface area contributed by atoms with Crippen molar-refractivity contribution >= 4 is 37.2 Å². The van der Waals surface area contributed by atoms with E-state index in [-0.39, 0.29) is 0 Å². The van der Waals surface area contributed by atoms with Crippen LogP contribution in [0.4, 0.5) is 0 Å². The van der Waals surface area contributed by atoms with Gasteiger partial charge in [-0.15, -0.1) is 0 Å². The first kappa shape index (κ1) is 8.43. The Morgan fingerprint density at radius 2 is 1.78 bits per heavy atom. The van der Waals surface area contributed by atoms with E-state index in [4.69, 9.17) is 0 Å². The van der Waals surface area contributed by atoms with E-state index in [1.807, 2.05) is 0 Å². The second-order valence-electron chi connectivity index (χ2n) is 1.44. The standard InChI is InChI=1S/C3H5I3N3/c1-6(4,5)9-2-7-8-3-9/h2-3H,1H3/q-1. The molecule has 0 fully saturated rings. The van der Waals surface area contributed by atoms with Crippen molar-refractivity contribution in [1.82, 2.24) is 13.0 Å². The van der Waals surface area contributed by atoms with Crippen LogP contribution >= 0.6 is 37.2 Å². The molecule has 0 aliphatic carbocycles. The van der Waals surface area contributed by atoms with Crippen molar-refractivity contribution in [3.63, 3.8) is 0 Å². The summed E-state index contributed by atoms with van der Waals surface area (Å²) in [5, 5.41) is 7.47. The molecule has 0 spiro atoms. The van der Waals surface area contributed by atoms with Gasteiger partial charge in [-0.2, -0.15) is 0 Å². The third kappa shape index (κ3) is 2.44. The third-order valence-electron chi connectivity index (χ3n) is 0.733. The Balaban J connectivity index is 2.90. The minimum absolute atomic E-state index is 1.64. The van der Waals surface area contributed by atoms with Crippen molar-refractivity contribution in [1.29, 1.82) is 0 Å². The molecule has 0 amide bonds. The van der Waals surface area contributed by atoms with Crippen LogP contribution in [0.2, 0.25) is 0 Å². The van der Waals surface area contributed by atoms with Gasteiger partial charge in [0.2, 0.25) is 0 Å². The van der Waals surface area contributed by atoms with Gasteiger partial charge in [-0.1, -0.05) is 0 Å². The van der Waals surface area contributed by atoms with Gasteiger partial charge in [0, 0.05) is 0 Å². The summed E-state index contributed by atoms with van der Waals surface area (Å²) in [6, 6.07) is 0. The predicted molar refractivity (Wildman–Crippen MR) is 49.4 cm³/mol. The fourth-order valence-corrected chi connectivity index (χ4v) is 3.97. The van der Waals surface area contributed by atoms with Crippen LogP contribution in [0.25, 0.3) is 0 Å². The van der Waals surface area contributed by atoms with Gasteiger partial charge in [0.1, 0.15) is 0 Å². The molecular weight excluding hydrogens is 459 g/mol. The number of aromatic nitrogens is 3. The summed E-state index contributed by atoms with van der Waals surface area (Å²) in [6.45, 7) is 0. The monoisotopic (exact) mass is 464 g/mol. The molecule has 3 nitrogen and oxygen atoms in total. The van der Waals surface area contributed by atoms with Gasteiger partial charge in [0.15, 0.2) is 0 Å². The second-order valence-corrected chi connectivity index (χ2v) is 38.0. The summed E-state index contributed by atoms with van der Waals surface area (Å²) < 4.78 is 2.12. The molecule has 0 aliphatic heterocycles. The van der Waals surface area contributed by atoms with E-state index in [2.05, 4.69) is 55.1 Å². The summed E-state index contributed by atoms with van der Waals surface area (Å²) >= 11 is 4.98. The molecule has 0 atom stereocenters. The van der Waals surface area contributed by atoms with E-state index in [0.29, 0.717) is 0 Å². The second kappa shape index (κ2) is 3.15. The molecule has 0 saturated heterocycles. The Morgan fingerprint density at radius 1 is 1.33 bits per heavy atom. The average molecular weight is 464 g/mol. The Hall–Kier alpha value is 1.33. The van der Waals surface area contributed by atoms with Gasteiger partial charge >= 0.3 is 78.6 Å². The molecule has 1 aromatic heterocycles. The predicted octanol–water partition coefficient (Wildman–Crippen LogP) is -1.47. The average Bonchev–Trinajstić information content (AvgIpc) is 2.08. The Bertz CT molecular complexity index is 177. The molecule has 0 radical (unpaired) electrons. The summed E-state index contributed by atoms with van der Waals surface area (Å²) in [7, 11) is -1.64. The minimum atomic E-state index is -1.64. The van der Waals surface area contributed by atoms with Gasteiger partial charge in [0.25, 0.3) is 0 Å². The number of nitrogens with zero attached hydrogens (tertiary/aromatic N) is 3. The first-order chi connectivity index (χ1) is 4.11. The molecule has 1 heterocycles. The van der Waals surface area contributed by atoms with Crippen LogP contribution in [-0.2, 0) is 0 Å². The summed E-state index contributed by atoms with van der Waals surface area (Å²) in [4.78, 5) is 2.26. The van der Waals surface area contributed by atoms with Crippen molar-refractivity contribution in [2.75, 3.05) is 4.93 Å².